The van der Waals surface area contributed by atoms with E-state index in [1.807, 2.05) is 61.8 Å². The predicted octanol–water partition coefficient (Wildman–Crippen LogP) is 4.61. The Hall–Kier alpha value is -2.87. The molecule has 1 aromatic carbocycles. The van der Waals surface area contributed by atoms with Gasteiger partial charge in [0.25, 0.3) is 0 Å². The summed E-state index contributed by atoms with van der Waals surface area (Å²) >= 11 is 0. The number of imidazole rings is 1. The third-order valence-corrected chi connectivity index (χ3v) is 8.02. The van der Waals surface area contributed by atoms with Crippen molar-refractivity contribution in [2.75, 3.05) is 0 Å². The Labute approximate surface area is 188 Å². The van der Waals surface area contributed by atoms with E-state index < -0.39 is 26.8 Å². The zero-order chi connectivity index (χ0) is 22.9. The first-order chi connectivity index (χ1) is 15.1. The third-order valence-electron chi connectivity index (χ3n) is 5.74. The van der Waals surface area contributed by atoms with E-state index in [2.05, 4.69) is 10.3 Å². The summed E-state index contributed by atoms with van der Waals surface area (Å²) in [6.45, 7) is 5.45. The van der Waals surface area contributed by atoms with Crippen molar-refractivity contribution in [3.63, 3.8) is 0 Å². The number of alkyl carbamates (subject to hydrolysis) is 1. The number of carbonyl (C=O) groups excluding carboxylic acids is 1. The highest BCUT2D eigenvalue weighted by atomic mass is 32.2. The lowest BCUT2D eigenvalue weighted by molar-refractivity contribution is 0.0493. The number of pyridine rings is 1. The number of carbonyl (C=O) groups is 1. The van der Waals surface area contributed by atoms with Gasteiger partial charge in [-0.05, 0) is 81.8 Å². The molecule has 0 aliphatic heterocycles. The topological polar surface area (TPSA) is 89.8 Å². The maximum Gasteiger partial charge on any atom is 0.407 e. The maximum absolute atomic E-state index is 13.2. The number of fused-ring (bicyclic) bond motifs is 1. The molecule has 1 aliphatic rings. The van der Waals surface area contributed by atoms with Crippen LogP contribution in [0, 0.1) is 0 Å². The molecule has 2 aromatic heterocycles. The van der Waals surface area contributed by atoms with Gasteiger partial charge in [-0.25, -0.2) is 18.2 Å². The third kappa shape index (κ3) is 4.96. The van der Waals surface area contributed by atoms with Crippen LogP contribution in [0.25, 0.3) is 16.8 Å². The summed E-state index contributed by atoms with van der Waals surface area (Å²) in [7, 11) is -3.43. The van der Waals surface area contributed by atoms with Crippen LogP contribution in [0.3, 0.4) is 0 Å². The van der Waals surface area contributed by atoms with Gasteiger partial charge in [0.15, 0.2) is 9.84 Å². The molecule has 0 saturated heterocycles. The van der Waals surface area contributed by atoms with Crippen molar-refractivity contribution in [1.29, 1.82) is 0 Å². The van der Waals surface area contributed by atoms with Crippen LogP contribution in [0.2, 0.25) is 0 Å². The van der Waals surface area contributed by atoms with Gasteiger partial charge in [0.2, 0.25) is 0 Å². The van der Waals surface area contributed by atoms with E-state index in [1.54, 1.807) is 18.3 Å². The van der Waals surface area contributed by atoms with E-state index in [9.17, 15) is 13.2 Å². The van der Waals surface area contributed by atoms with Gasteiger partial charge in [0.05, 0.1) is 10.1 Å². The van der Waals surface area contributed by atoms with Crippen molar-refractivity contribution in [1.82, 2.24) is 14.7 Å². The predicted molar refractivity (Wildman–Crippen MR) is 123 cm³/mol. The molecule has 1 saturated carbocycles. The lowest BCUT2D eigenvalue weighted by Gasteiger charge is -2.30. The van der Waals surface area contributed by atoms with Crippen LogP contribution in [0.5, 0.6) is 0 Å². The summed E-state index contributed by atoms with van der Waals surface area (Å²) in [4.78, 5) is 16.6. The van der Waals surface area contributed by atoms with Crippen LogP contribution in [-0.2, 0) is 14.6 Å². The number of hydrogen-bond acceptors (Lipinski definition) is 5. The summed E-state index contributed by atoms with van der Waals surface area (Å²) in [5.41, 5.74) is 2.25. The molecule has 0 bridgehead atoms. The summed E-state index contributed by atoms with van der Waals surface area (Å²) in [6, 6.07) is 10.9. The summed E-state index contributed by atoms with van der Waals surface area (Å²) in [6.07, 6.45) is 7.42. The molecule has 2 heterocycles. The second-order valence-electron chi connectivity index (χ2n) is 9.30. The average molecular weight is 456 g/mol. The van der Waals surface area contributed by atoms with Gasteiger partial charge in [0.1, 0.15) is 11.2 Å². The molecule has 1 aliphatic carbocycles. The van der Waals surface area contributed by atoms with Crippen molar-refractivity contribution in [2.24, 2.45) is 0 Å². The van der Waals surface area contributed by atoms with E-state index in [0.717, 1.165) is 16.8 Å². The van der Waals surface area contributed by atoms with Gasteiger partial charge < -0.3 is 14.5 Å². The van der Waals surface area contributed by atoms with Gasteiger partial charge in [-0.1, -0.05) is 12.1 Å². The summed E-state index contributed by atoms with van der Waals surface area (Å²) < 4.78 is 33.6. The van der Waals surface area contributed by atoms with Crippen LogP contribution in [0.15, 0.2) is 59.9 Å². The number of rotatable bonds is 4. The van der Waals surface area contributed by atoms with Crippen LogP contribution >= 0.6 is 0 Å². The van der Waals surface area contributed by atoms with Crippen molar-refractivity contribution >= 4 is 21.6 Å². The maximum atomic E-state index is 13.2. The number of aromatic nitrogens is 2. The minimum Gasteiger partial charge on any atom is -0.444 e. The first kappa shape index (κ1) is 22.3. The smallest absolute Gasteiger partial charge is 0.407 e. The van der Waals surface area contributed by atoms with Crippen molar-refractivity contribution in [3.8, 4) is 11.1 Å². The van der Waals surface area contributed by atoms with Gasteiger partial charge in [-0.15, -0.1) is 0 Å². The molecule has 3 aromatic rings. The first-order valence-corrected chi connectivity index (χ1v) is 12.4. The quantitative estimate of drug-likeness (QED) is 0.620. The Kier molecular flexibility index (Phi) is 5.99. The molecule has 1 amide bonds. The Balaban J connectivity index is 1.40. The molecule has 0 radical (unpaired) electrons. The fourth-order valence-electron chi connectivity index (χ4n) is 4.11. The highest BCUT2D eigenvalue weighted by molar-refractivity contribution is 7.92. The van der Waals surface area contributed by atoms with E-state index in [1.165, 1.54) is 0 Å². The summed E-state index contributed by atoms with van der Waals surface area (Å²) in [5, 5.41) is 2.42. The van der Waals surface area contributed by atoms with E-state index in [0.29, 0.717) is 30.6 Å². The molecule has 1 N–H and O–H groups in total. The Morgan fingerprint density at radius 2 is 1.69 bits per heavy atom. The van der Waals surface area contributed by atoms with Crippen LogP contribution in [-0.4, -0.2) is 40.8 Å². The van der Waals surface area contributed by atoms with Crippen molar-refractivity contribution in [3.05, 3.63) is 55.0 Å². The fraction of sp³-hybridized carbons (Fsp3) is 0.417. The van der Waals surface area contributed by atoms with Crippen molar-refractivity contribution in [2.45, 2.75) is 68.2 Å². The molecule has 0 atom stereocenters. The molecule has 8 heteroatoms. The standard InChI is InChI=1S/C24H29N3O4S/c1-24(2,3)31-23(28)26-19-7-11-21(12-8-19)32(29,30)20-9-4-17(5-10-20)18-6-13-22-25-14-15-27(22)16-18/h4-6,9-10,13-16,19,21H,7-8,11-12H2,1-3H3,(H,26,28). The average Bonchev–Trinajstić information content (AvgIpc) is 3.21. The Morgan fingerprint density at radius 1 is 1.03 bits per heavy atom. The van der Waals surface area contributed by atoms with Gasteiger partial charge in [-0.3, -0.25) is 0 Å². The molecule has 1 fully saturated rings. The van der Waals surface area contributed by atoms with Gasteiger partial charge in [-0.2, -0.15) is 0 Å². The number of amides is 1. The fourth-order valence-corrected chi connectivity index (χ4v) is 5.91. The molecule has 4 rings (SSSR count). The largest absolute Gasteiger partial charge is 0.444 e. The van der Waals surface area contributed by atoms with Crippen LogP contribution in [0.4, 0.5) is 4.79 Å². The van der Waals surface area contributed by atoms with E-state index in [-0.39, 0.29) is 6.04 Å². The molecule has 0 spiro atoms. The van der Waals surface area contributed by atoms with Gasteiger partial charge in [0, 0.05) is 24.6 Å². The number of nitrogens with one attached hydrogen (secondary N) is 1. The minimum absolute atomic E-state index is 0.0585. The molecule has 7 nitrogen and oxygen atoms in total. The molecule has 170 valence electrons. The lowest BCUT2D eigenvalue weighted by atomic mass is 9.95. The second kappa shape index (κ2) is 8.58. The highest BCUT2D eigenvalue weighted by Crippen LogP contribution is 2.30. The number of nitrogens with zero attached hydrogens (tertiary/aromatic N) is 2. The van der Waals surface area contributed by atoms with Crippen LogP contribution in [0.1, 0.15) is 46.5 Å². The first-order valence-electron chi connectivity index (χ1n) is 10.9. The molecule has 32 heavy (non-hydrogen) atoms. The number of benzene rings is 1. The van der Waals surface area contributed by atoms with E-state index in [4.69, 9.17) is 4.74 Å². The summed E-state index contributed by atoms with van der Waals surface area (Å²) in [5.74, 6) is 0. The van der Waals surface area contributed by atoms with Crippen LogP contribution < -0.4 is 5.32 Å². The highest BCUT2D eigenvalue weighted by Gasteiger charge is 2.33. The zero-order valence-corrected chi connectivity index (χ0v) is 19.4. The normalized spacial score (nSPS) is 19.6. The zero-order valence-electron chi connectivity index (χ0n) is 18.6. The number of sulfone groups is 1. The molecular weight excluding hydrogens is 426 g/mol. The Morgan fingerprint density at radius 3 is 2.34 bits per heavy atom. The van der Waals surface area contributed by atoms with Gasteiger partial charge >= 0.3 is 6.09 Å². The monoisotopic (exact) mass is 455 g/mol. The SMILES string of the molecule is CC(C)(C)OC(=O)NC1CCC(S(=O)(=O)c2ccc(-c3ccc4nccn4c3)cc2)CC1. The molecular formula is C24H29N3O4S. The van der Waals surface area contributed by atoms with E-state index >= 15 is 0 Å². The lowest BCUT2D eigenvalue weighted by Crippen LogP contribution is -2.42. The van der Waals surface area contributed by atoms with Crippen molar-refractivity contribution < 1.29 is 17.9 Å². The Bertz CT molecular complexity index is 1200. The number of hydrogen-bond donors (Lipinski definition) is 1. The second-order valence-corrected chi connectivity index (χ2v) is 11.5. The number of ether oxygens (including phenoxy) is 1. The molecule has 0 unspecified atom stereocenters. The minimum atomic E-state index is -3.43.